The number of sulfonamides is 2. The number of anilines is 1. The minimum atomic E-state index is -6.81. The van der Waals surface area contributed by atoms with Gasteiger partial charge in [-0.15, -0.1) is 3.71 Å². The fourth-order valence-electron chi connectivity index (χ4n) is 5.09. The molecule has 1 fully saturated rings. The summed E-state index contributed by atoms with van der Waals surface area (Å²) in [6, 6.07) is 3.85. The van der Waals surface area contributed by atoms with Gasteiger partial charge in [0.2, 0.25) is 0 Å². The van der Waals surface area contributed by atoms with Crippen molar-refractivity contribution in [1.29, 1.82) is 0 Å². The van der Waals surface area contributed by atoms with Crippen LogP contribution in [0.3, 0.4) is 0 Å². The van der Waals surface area contributed by atoms with Crippen molar-refractivity contribution >= 4 is 47.4 Å². The molecule has 2 aliphatic carbocycles. The number of fused-ring (bicyclic) bond motifs is 2. The van der Waals surface area contributed by atoms with Gasteiger partial charge in [0.25, 0.3) is 0 Å². The second kappa shape index (κ2) is 17.4. The standard InChI is InChI=1S/C10H10F3NO3S.C9H11NO.C8H5F6NO4S2.C4H8O/c1-14-5-7-3-2-4-9(8(7)6-14)17-18(15,16)10(11,12)13;1-10-5-7-3-2-4-9(11)8(7)6-10;9-7(10,11)20(16,17)15(6-4-2-1-3-5-6)21(18,19)8(12,13)14;1-2-4-5-3-1/h4-6H,2-3H2,1H3;5-6H,2-4H2,1H3;1-5H;1-4H2. The second-order valence-electron chi connectivity index (χ2n) is 11.8. The van der Waals surface area contributed by atoms with Crippen molar-refractivity contribution in [1.82, 2.24) is 9.13 Å². The monoisotopic (exact) mass is 859 g/mol. The number of carbonyl (C=O) groups excluding carboxylic acids is 1. The van der Waals surface area contributed by atoms with Gasteiger partial charge in [-0.1, -0.05) is 18.2 Å². The van der Waals surface area contributed by atoms with Crippen molar-refractivity contribution in [2.45, 2.75) is 61.5 Å². The first-order chi connectivity index (χ1) is 25.2. The maximum absolute atomic E-state index is 12.4. The molecule has 0 amide bonds. The van der Waals surface area contributed by atoms with Crippen LogP contribution < -0.4 is 3.71 Å². The first kappa shape index (κ1) is 45.4. The number of Topliss-reactive ketones (excluding diaryl/α,β-unsaturated/α-hetero) is 1. The van der Waals surface area contributed by atoms with Gasteiger partial charge in [0.15, 0.2) is 5.78 Å². The zero-order chi connectivity index (χ0) is 41.6. The number of hydrogen-bond donors (Lipinski definition) is 0. The van der Waals surface area contributed by atoms with E-state index < -0.39 is 56.1 Å². The molecule has 3 aromatic rings. The van der Waals surface area contributed by atoms with E-state index in [2.05, 4.69) is 4.18 Å². The van der Waals surface area contributed by atoms with Crippen molar-refractivity contribution < 1.29 is 78.5 Å². The fraction of sp³-hybridized carbons (Fsp3) is 0.452. The summed E-state index contributed by atoms with van der Waals surface area (Å²) in [5, 5.41) is 0. The van der Waals surface area contributed by atoms with Crippen LogP contribution in [0.1, 0.15) is 59.2 Å². The molecule has 3 aliphatic rings. The highest BCUT2D eigenvalue weighted by Gasteiger charge is 2.61. The number of allylic oxidation sites excluding steroid dienone is 1. The lowest BCUT2D eigenvalue weighted by molar-refractivity contribution is -0.0510. The van der Waals surface area contributed by atoms with Crippen LogP contribution in [0.2, 0.25) is 0 Å². The number of hydrogen-bond acceptors (Lipinski definition) is 9. The van der Waals surface area contributed by atoms with E-state index in [-0.39, 0.29) is 5.76 Å². The third-order valence-electron chi connectivity index (χ3n) is 7.53. The van der Waals surface area contributed by atoms with Gasteiger partial charge >= 0.3 is 46.7 Å². The highest BCUT2D eigenvalue weighted by Crippen LogP contribution is 2.38. The maximum atomic E-state index is 12.4. The van der Waals surface area contributed by atoms with Crippen molar-refractivity contribution in [3.8, 4) is 0 Å². The van der Waals surface area contributed by atoms with Crippen LogP contribution in [0, 0.1) is 0 Å². The van der Waals surface area contributed by atoms with E-state index in [1.54, 1.807) is 17.8 Å². The highest BCUT2D eigenvalue weighted by atomic mass is 32.3. The average molecular weight is 860 g/mol. The van der Waals surface area contributed by atoms with Crippen LogP contribution >= 0.6 is 0 Å². The van der Waals surface area contributed by atoms with Crippen molar-refractivity contribution in [3.63, 3.8) is 0 Å². The summed E-state index contributed by atoms with van der Waals surface area (Å²) in [7, 11) is -15.6. The summed E-state index contributed by atoms with van der Waals surface area (Å²) in [4.78, 5) is 11.3. The third-order valence-corrected chi connectivity index (χ3v) is 12.1. The average Bonchev–Trinajstić information content (AvgIpc) is 3.83. The van der Waals surface area contributed by atoms with Crippen LogP contribution in [0.25, 0.3) is 5.76 Å². The maximum Gasteiger partial charge on any atom is 0.534 e. The molecule has 1 saturated heterocycles. The normalized spacial score (nSPS) is 16.1. The minimum Gasteiger partial charge on any atom is -0.381 e. The second-order valence-corrected chi connectivity index (χ2v) is 17.2. The molecular formula is C31H34F9N3O9S3. The first-order valence-corrected chi connectivity index (χ1v) is 20.1. The van der Waals surface area contributed by atoms with Crippen molar-refractivity contribution in [2.24, 2.45) is 14.1 Å². The van der Waals surface area contributed by atoms with Crippen LogP contribution in [0.15, 0.2) is 61.2 Å². The Morgan fingerprint density at radius 3 is 1.58 bits per heavy atom. The molecule has 0 bridgehead atoms. The van der Waals surface area contributed by atoms with Gasteiger partial charge in [-0.05, 0) is 67.9 Å². The summed E-state index contributed by atoms with van der Waals surface area (Å²) in [5.41, 5.74) is -15.9. The van der Waals surface area contributed by atoms with E-state index in [0.29, 0.717) is 36.3 Å². The molecule has 12 nitrogen and oxygen atoms in total. The predicted octanol–water partition coefficient (Wildman–Crippen LogP) is 6.71. The Labute approximate surface area is 310 Å². The quantitative estimate of drug-likeness (QED) is 0.155. The molecule has 0 atom stereocenters. The molecule has 6 rings (SSSR count). The Morgan fingerprint density at radius 2 is 1.15 bits per heavy atom. The van der Waals surface area contributed by atoms with Crippen LogP contribution in [-0.4, -0.2) is 69.9 Å². The van der Waals surface area contributed by atoms with Gasteiger partial charge in [0, 0.05) is 69.6 Å². The Bertz CT molecular complexity index is 2100. The van der Waals surface area contributed by atoms with E-state index in [9.17, 15) is 69.6 Å². The summed E-state index contributed by atoms with van der Waals surface area (Å²) in [6.45, 7) is 2.00. The molecule has 2 aromatic heterocycles. The zero-order valence-corrected chi connectivity index (χ0v) is 31.2. The lowest BCUT2D eigenvalue weighted by atomic mass is 9.95. The van der Waals surface area contributed by atoms with Crippen LogP contribution in [-0.2, 0) is 66.0 Å². The van der Waals surface area contributed by atoms with Gasteiger partial charge in [0.1, 0.15) is 5.76 Å². The topological polar surface area (TPSA) is 151 Å². The number of carbonyl (C=O) groups is 1. The number of benzene rings is 1. The largest absolute Gasteiger partial charge is 0.534 e. The molecule has 0 saturated carbocycles. The smallest absolute Gasteiger partial charge is 0.381 e. The number of nitrogens with zero attached hydrogens (tertiary/aromatic N) is 3. The van der Waals surface area contributed by atoms with Gasteiger partial charge in [0.05, 0.1) is 5.69 Å². The number of alkyl halides is 9. The summed E-state index contributed by atoms with van der Waals surface area (Å²) >= 11 is 0. The third kappa shape index (κ3) is 11.3. The van der Waals surface area contributed by atoms with Crippen molar-refractivity contribution in [3.05, 3.63) is 83.4 Å². The molecule has 24 heteroatoms. The number of aromatic nitrogens is 2. The number of para-hydroxylation sites is 1. The van der Waals surface area contributed by atoms with E-state index in [4.69, 9.17) is 4.74 Å². The molecule has 55 heavy (non-hydrogen) atoms. The number of aryl methyl sites for hydroxylation is 4. The van der Waals surface area contributed by atoms with E-state index in [1.807, 2.05) is 24.0 Å². The summed E-state index contributed by atoms with van der Waals surface area (Å²) < 4.78 is 189. The van der Waals surface area contributed by atoms with Crippen LogP contribution in [0.4, 0.5) is 45.2 Å². The SMILES string of the molecule is C1CCOC1.Cn1cc2c(c1)C(=O)CCC2.Cn1cc2c(c1)C(OS(=O)(=O)C(F)(F)F)=CCC2.O=S(=O)(N(c1ccccc1)S(=O)(=O)C(F)(F)F)C(F)(F)F. The fourth-order valence-corrected chi connectivity index (χ4v) is 8.30. The van der Waals surface area contributed by atoms with E-state index in [0.717, 1.165) is 61.8 Å². The predicted molar refractivity (Wildman–Crippen MR) is 179 cm³/mol. The Kier molecular flexibility index (Phi) is 14.4. The van der Waals surface area contributed by atoms with Gasteiger partial charge in [-0.2, -0.15) is 64.8 Å². The van der Waals surface area contributed by atoms with Crippen molar-refractivity contribution in [2.75, 3.05) is 16.9 Å². The summed E-state index contributed by atoms with van der Waals surface area (Å²) in [5.74, 6) is 0.0565. The molecule has 0 unspecified atom stereocenters. The molecule has 3 heterocycles. The molecule has 0 radical (unpaired) electrons. The first-order valence-electron chi connectivity index (χ1n) is 15.8. The molecule has 0 spiro atoms. The number of ether oxygens (including phenoxy) is 1. The van der Waals surface area contributed by atoms with Gasteiger partial charge in [-0.3, -0.25) is 4.79 Å². The molecule has 1 aromatic carbocycles. The Balaban J connectivity index is 0.000000214. The zero-order valence-electron chi connectivity index (χ0n) is 28.8. The number of halogens is 9. The molecule has 308 valence electrons. The number of rotatable bonds is 5. The molecule has 1 aliphatic heterocycles. The van der Waals surface area contributed by atoms with Gasteiger partial charge in [-0.25, -0.2) is 0 Å². The Hall–Kier alpha value is -4.03. The summed E-state index contributed by atoms with van der Waals surface area (Å²) in [6.07, 6.45) is 15.1. The van der Waals surface area contributed by atoms with E-state index in [1.165, 1.54) is 30.7 Å². The Morgan fingerprint density at radius 1 is 0.655 bits per heavy atom. The lowest BCUT2D eigenvalue weighted by Gasteiger charge is -2.25. The van der Waals surface area contributed by atoms with Gasteiger partial charge < -0.3 is 18.1 Å². The minimum absolute atomic E-state index is 0.255. The molecular weight excluding hydrogens is 826 g/mol. The highest BCUT2D eigenvalue weighted by molar-refractivity contribution is 8.11. The number of ketones is 1. The van der Waals surface area contributed by atoms with E-state index >= 15 is 0 Å². The molecule has 0 N–H and O–H groups in total. The van der Waals surface area contributed by atoms with Crippen LogP contribution in [0.5, 0.6) is 0 Å². The lowest BCUT2D eigenvalue weighted by Crippen LogP contribution is -2.49.